The molecule has 0 atom stereocenters. The van der Waals surface area contributed by atoms with Gasteiger partial charge in [-0.15, -0.1) is 0 Å². The van der Waals surface area contributed by atoms with Crippen molar-refractivity contribution in [2.24, 2.45) is 0 Å². The Morgan fingerprint density at radius 1 is 0.812 bits per heavy atom. The molecule has 0 saturated carbocycles. The van der Waals surface area contributed by atoms with Gasteiger partial charge in [0.15, 0.2) is 6.61 Å². The van der Waals surface area contributed by atoms with E-state index in [4.69, 9.17) is 13.9 Å². The minimum Gasteiger partial charge on any atom is -0.482 e. The molecule has 0 N–H and O–H groups in total. The average molecular weight is 449 g/mol. The second-order valence-electron chi connectivity index (χ2n) is 8.69. The molecule has 168 valence electrons. The van der Waals surface area contributed by atoms with Gasteiger partial charge in [0.05, 0.1) is 13.2 Å². The van der Waals surface area contributed by atoms with Crippen molar-refractivity contribution < 1.29 is 18.7 Å². The van der Waals surface area contributed by atoms with Crippen LogP contribution in [0.25, 0.3) is 0 Å². The molecule has 0 saturated heterocycles. The highest BCUT2D eigenvalue weighted by atomic mass is 28.4. The lowest BCUT2D eigenvalue weighted by molar-refractivity contribution is -0.145. The van der Waals surface area contributed by atoms with Crippen molar-refractivity contribution in [2.45, 2.75) is 39.3 Å². The third-order valence-electron chi connectivity index (χ3n) is 5.46. The summed E-state index contributed by atoms with van der Waals surface area (Å²) in [6.07, 6.45) is 0. The molecule has 0 fully saturated rings. The van der Waals surface area contributed by atoms with Gasteiger partial charge in [-0.1, -0.05) is 93.6 Å². The molecule has 0 aliphatic rings. The van der Waals surface area contributed by atoms with Crippen LogP contribution in [0.2, 0.25) is 5.04 Å². The van der Waals surface area contributed by atoms with Gasteiger partial charge in [-0.2, -0.15) is 0 Å². The summed E-state index contributed by atoms with van der Waals surface area (Å²) in [5.74, 6) is 0.263. The van der Waals surface area contributed by atoms with Gasteiger partial charge in [-0.25, -0.2) is 4.79 Å². The van der Waals surface area contributed by atoms with Crippen LogP contribution < -0.4 is 15.1 Å². The topological polar surface area (TPSA) is 44.8 Å². The third-order valence-corrected chi connectivity index (χ3v) is 10.4. The maximum atomic E-state index is 11.5. The molecule has 0 amide bonds. The average Bonchev–Trinajstić information content (AvgIpc) is 2.80. The lowest BCUT2D eigenvalue weighted by atomic mass is 10.2. The van der Waals surface area contributed by atoms with Crippen molar-refractivity contribution in [1.82, 2.24) is 0 Å². The lowest BCUT2D eigenvalue weighted by Gasteiger charge is -2.43. The van der Waals surface area contributed by atoms with Gasteiger partial charge in [0, 0.05) is 0 Å². The third kappa shape index (κ3) is 5.47. The summed E-state index contributed by atoms with van der Waals surface area (Å²) in [7, 11) is -2.58. The van der Waals surface area contributed by atoms with E-state index in [9.17, 15) is 4.79 Å². The van der Waals surface area contributed by atoms with Crippen LogP contribution in [-0.4, -0.2) is 27.5 Å². The number of hydrogen-bond acceptors (Lipinski definition) is 4. The highest BCUT2D eigenvalue weighted by Gasteiger charge is 2.50. The monoisotopic (exact) mass is 448 g/mol. The van der Waals surface area contributed by atoms with Crippen LogP contribution in [0.1, 0.15) is 33.3 Å². The molecule has 4 nitrogen and oxygen atoms in total. The summed E-state index contributed by atoms with van der Waals surface area (Å²) in [6.45, 7) is 9.33. The summed E-state index contributed by atoms with van der Waals surface area (Å²) < 4.78 is 17.4. The Morgan fingerprint density at radius 3 is 1.81 bits per heavy atom. The first kappa shape index (κ1) is 23.8. The zero-order valence-corrected chi connectivity index (χ0v) is 20.3. The van der Waals surface area contributed by atoms with Crippen LogP contribution >= 0.6 is 0 Å². The first-order valence-electron chi connectivity index (χ1n) is 11.0. The number of benzene rings is 3. The van der Waals surface area contributed by atoms with E-state index in [-0.39, 0.29) is 17.6 Å². The first-order valence-corrected chi connectivity index (χ1v) is 12.9. The summed E-state index contributed by atoms with van der Waals surface area (Å²) in [6, 6.07) is 28.9. The first-order chi connectivity index (χ1) is 15.4. The van der Waals surface area contributed by atoms with Crippen molar-refractivity contribution in [1.29, 1.82) is 0 Å². The molecule has 0 spiro atoms. The zero-order valence-electron chi connectivity index (χ0n) is 19.3. The van der Waals surface area contributed by atoms with Crippen LogP contribution in [-0.2, 0) is 20.6 Å². The second kappa shape index (κ2) is 10.6. The molecule has 0 aliphatic heterocycles. The van der Waals surface area contributed by atoms with Crippen molar-refractivity contribution in [2.75, 3.05) is 13.2 Å². The molecule has 3 aromatic carbocycles. The highest BCUT2D eigenvalue weighted by molar-refractivity contribution is 6.99. The van der Waals surface area contributed by atoms with Gasteiger partial charge in [0.25, 0.3) is 8.32 Å². The van der Waals surface area contributed by atoms with Crippen LogP contribution in [0.5, 0.6) is 5.75 Å². The van der Waals surface area contributed by atoms with Crippen molar-refractivity contribution in [3.63, 3.8) is 0 Å². The molecule has 0 heterocycles. The van der Waals surface area contributed by atoms with E-state index in [0.29, 0.717) is 19.0 Å². The normalized spacial score (nSPS) is 11.8. The van der Waals surface area contributed by atoms with E-state index < -0.39 is 8.32 Å². The van der Waals surface area contributed by atoms with Gasteiger partial charge in [-0.3, -0.25) is 0 Å². The van der Waals surface area contributed by atoms with Gasteiger partial charge < -0.3 is 13.9 Å². The Hall–Kier alpha value is -2.89. The van der Waals surface area contributed by atoms with Crippen molar-refractivity contribution >= 4 is 24.7 Å². The molecule has 0 bridgehead atoms. The molecule has 0 aromatic heterocycles. The minimum absolute atomic E-state index is 0.0710. The van der Waals surface area contributed by atoms with E-state index >= 15 is 0 Å². The maximum absolute atomic E-state index is 11.5. The van der Waals surface area contributed by atoms with E-state index in [0.717, 1.165) is 5.56 Å². The van der Waals surface area contributed by atoms with E-state index in [1.54, 1.807) is 6.92 Å². The smallest absolute Gasteiger partial charge is 0.344 e. The summed E-state index contributed by atoms with van der Waals surface area (Å²) >= 11 is 0. The Morgan fingerprint density at radius 2 is 1.34 bits per heavy atom. The number of esters is 1. The van der Waals surface area contributed by atoms with E-state index in [1.807, 2.05) is 36.4 Å². The number of hydrogen-bond donors (Lipinski definition) is 0. The van der Waals surface area contributed by atoms with E-state index in [1.165, 1.54) is 10.4 Å². The molecule has 0 aliphatic carbocycles. The number of rotatable bonds is 9. The fourth-order valence-electron chi connectivity index (χ4n) is 3.98. The van der Waals surface area contributed by atoms with Crippen LogP contribution in [0.15, 0.2) is 84.9 Å². The van der Waals surface area contributed by atoms with Crippen molar-refractivity contribution in [3.8, 4) is 5.75 Å². The van der Waals surface area contributed by atoms with Gasteiger partial charge >= 0.3 is 5.97 Å². The Kier molecular flexibility index (Phi) is 7.88. The minimum atomic E-state index is -2.58. The van der Waals surface area contributed by atoms with Gasteiger partial charge in [0.1, 0.15) is 5.75 Å². The second-order valence-corrected chi connectivity index (χ2v) is 13.0. The number of ether oxygens (including phenoxy) is 2. The van der Waals surface area contributed by atoms with Crippen LogP contribution in [0.3, 0.4) is 0 Å². The standard InChI is InChI=1S/C27H32O4Si/c1-5-29-26(28)21-30-23-18-16-22(17-19-23)20-31-32(27(2,3)4,24-12-8-6-9-13-24)25-14-10-7-11-15-25/h6-19H,5,20-21H2,1-4H3. The predicted octanol–water partition coefficient (Wildman–Crippen LogP) is 4.71. The predicted molar refractivity (Wildman–Crippen MR) is 131 cm³/mol. The molecule has 32 heavy (non-hydrogen) atoms. The zero-order chi connectivity index (χ0) is 23.0. The largest absolute Gasteiger partial charge is 0.482 e. The van der Waals surface area contributed by atoms with Crippen LogP contribution in [0, 0.1) is 0 Å². The van der Waals surface area contributed by atoms with Crippen molar-refractivity contribution in [3.05, 3.63) is 90.5 Å². The van der Waals surface area contributed by atoms with Crippen LogP contribution in [0.4, 0.5) is 0 Å². The molecule has 5 heteroatoms. The Balaban J connectivity index is 1.84. The number of carbonyl (C=O) groups is 1. The quantitative estimate of drug-likeness (QED) is 0.351. The molecule has 3 rings (SSSR count). The molecular weight excluding hydrogens is 416 g/mol. The highest BCUT2D eigenvalue weighted by Crippen LogP contribution is 2.37. The SMILES string of the molecule is CCOC(=O)COc1ccc(CO[Si](c2ccccc2)(c2ccccc2)C(C)(C)C)cc1. The molecular formula is C27H32O4Si. The fraction of sp³-hybridized carbons (Fsp3) is 0.296. The summed E-state index contributed by atoms with van der Waals surface area (Å²) in [5.41, 5.74) is 1.06. The molecule has 0 radical (unpaired) electrons. The number of carbonyl (C=O) groups excluding carboxylic acids is 1. The maximum Gasteiger partial charge on any atom is 0.344 e. The van der Waals surface area contributed by atoms with Gasteiger partial charge in [0.2, 0.25) is 0 Å². The molecule has 0 unspecified atom stereocenters. The molecule has 3 aromatic rings. The van der Waals surface area contributed by atoms with E-state index in [2.05, 4.69) is 69.3 Å². The lowest BCUT2D eigenvalue weighted by Crippen LogP contribution is -2.66. The Labute approximate surface area is 192 Å². The fourth-order valence-corrected chi connectivity index (χ4v) is 8.52. The Bertz CT molecular complexity index is 940. The summed E-state index contributed by atoms with van der Waals surface area (Å²) in [4.78, 5) is 11.5. The van der Waals surface area contributed by atoms with Gasteiger partial charge in [-0.05, 0) is 40.0 Å². The summed E-state index contributed by atoms with van der Waals surface area (Å²) in [5, 5.41) is 2.44.